The Morgan fingerprint density at radius 2 is 2.00 bits per heavy atom. The van der Waals surface area contributed by atoms with Crippen molar-refractivity contribution in [2.45, 2.75) is 19.4 Å². The van der Waals surface area contributed by atoms with Gasteiger partial charge in [-0.05, 0) is 38.1 Å². The Balaban J connectivity index is 2.79. The lowest BCUT2D eigenvalue weighted by Crippen LogP contribution is -2.30. The highest BCUT2D eigenvalue weighted by Gasteiger charge is 2.24. The van der Waals surface area contributed by atoms with E-state index in [2.05, 4.69) is 6.58 Å². The first-order chi connectivity index (χ1) is 7.45. The molecule has 0 amide bonds. The van der Waals surface area contributed by atoms with E-state index < -0.39 is 5.60 Å². The van der Waals surface area contributed by atoms with E-state index in [0.717, 1.165) is 0 Å². The van der Waals surface area contributed by atoms with Crippen LogP contribution in [0.4, 0.5) is 0 Å². The highest BCUT2D eigenvalue weighted by atomic mass is 16.5. The van der Waals surface area contributed by atoms with Gasteiger partial charge < -0.3 is 9.84 Å². The van der Waals surface area contributed by atoms with Gasteiger partial charge in [-0.25, -0.2) is 0 Å². The van der Waals surface area contributed by atoms with Gasteiger partial charge in [0.2, 0.25) is 0 Å². The van der Waals surface area contributed by atoms with Crippen LogP contribution in [-0.2, 0) is 0 Å². The number of benzene rings is 1. The predicted octanol–water partition coefficient (Wildman–Crippen LogP) is 2.21. The van der Waals surface area contributed by atoms with E-state index in [-0.39, 0.29) is 5.78 Å². The van der Waals surface area contributed by atoms with E-state index in [0.29, 0.717) is 17.9 Å². The first-order valence-electron chi connectivity index (χ1n) is 5.06. The molecule has 0 radical (unpaired) electrons. The zero-order chi connectivity index (χ0) is 12.2. The third kappa shape index (κ3) is 3.21. The van der Waals surface area contributed by atoms with Crippen LogP contribution in [0.3, 0.4) is 0 Å². The molecule has 0 saturated carbocycles. The van der Waals surface area contributed by atoms with Crippen molar-refractivity contribution in [3.05, 3.63) is 42.5 Å². The number of carbonyl (C=O) groups excluding carboxylic acids is 1. The van der Waals surface area contributed by atoms with Crippen LogP contribution in [0.25, 0.3) is 0 Å². The molecule has 3 nitrogen and oxygen atoms in total. The molecule has 0 heterocycles. The van der Waals surface area contributed by atoms with Crippen LogP contribution >= 0.6 is 0 Å². The Kier molecular flexibility index (Phi) is 3.85. The summed E-state index contributed by atoms with van der Waals surface area (Å²) in [4.78, 5) is 11.7. The van der Waals surface area contributed by atoms with Crippen LogP contribution in [0.15, 0.2) is 36.9 Å². The van der Waals surface area contributed by atoms with Gasteiger partial charge in [-0.2, -0.15) is 0 Å². The molecule has 0 fully saturated rings. The fraction of sp³-hybridized carbons (Fsp3) is 0.308. The molecule has 16 heavy (non-hydrogen) atoms. The molecule has 0 atom stereocenters. The summed E-state index contributed by atoms with van der Waals surface area (Å²) >= 11 is 0. The Hall–Kier alpha value is -1.61. The predicted molar refractivity (Wildman–Crippen MR) is 62.8 cm³/mol. The summed E-state index contributed by atoms with van der Waals surface area (Å²) in [6, 6.07) is 6.67. The van der Waals surface area contributed by atoms with Gasteiger partial charge in [-0.3, -0.25) is 4.79 Å². The summed E-state index contributed by atoms with van der Waals surface area (Å²) in [5.74, 6) is 0.370. The molecule has 0 spiro atoms. The summed E-state index contributed by atoms with van der Waals surface area (Å²) in [6.45, 7) is 6.91. The van der Waals surface area contributed by atoms with Gasteiger partial charge in [0.15, 0.2) is 5.78 Å². The van der Waals surface area contributed by atoms with E-state index in [9.17, 15) is 9.90 Å². The van der Waals surface area contributed by atoms with Crippen molar-refractivity contribution in [3.8, 4) is 5.75 Å². The summed E-state index contributed by atoms with van der Waals surface area (Å²) in [6.07, 6.45) is 1.65. The molecule has 1 N–H and O–H groups in total. The van der Waals surface area contributed by atoms with E-state index in [1.807, 2.05) is 0 Å². The zero-order valence-electron chi connectivity index (χ0n) is 9.56. The van der Waals surface area contributed by atoms with Crippen LogP contribution in [0.2, 0.25) is 0 Å². The quantitative estimate of drug-likeness (QED) is 0.611. The molecule has 0 saturated heterocycles. The first kappa shape index (κ1) is 12.5. The summed E-state index contributed by atoms with van der Waals surface area (Å²) < 4.78 is 5.28. The van der Waals surface area contributed by atoms with Crippen LogP contribution in [0, 0.1) is 0 Å². The van der Waals surface area contributed by atoms with Crippen molar-refractivity contribution in [2.24, 2.45) is 0 Å². The van der Waals surface area contributed by atoms with E-state index in [4.69, 9.17) is 4.74 Å². The average Bonchev–Trinajstić information content (AvgIpc) is 2.25. The van der Waals surface area contributed by atoms with Crippen molar-refractivity contribution in [3.63, 3.8) is 0 Å². The lowest BCUT2D eigenvalue weighted by molar-refractivity contribution is 0.0488. The first-order valence-corrected chi connectivity index (χ1v) is 5.06. The lowest BCUT2D eigenvalue weighted by atomic mass is 9.97. The lowest BCUT2D eigenvalue weighted by Gasteiger charge is -2.15. The maximum absolute atomic E-state index is 11.7. The smallest absolute Gasteiger partial charge is 0.193 e. The summed E-state index contributed by atoms with van der Waals surface area (Å²) in [5, 5.41) is 9.56. The molecule has 1 aromatic rings. The molecule has 0 unspecified atom stereocenters. The molecule has 0 aromatic heterocycles. The Labute approximate surface area is 95.4 Å². The molecule has 1 rings (SSSR count). The number of carbonyl (C=O) groups is 1. The van der Waals surface area contributed by atoms with Crippen LogP contribution in [0.1, 0.15) is 24.2 Å². The number of Topliss-reactive ketones (excluding diaryl/α,β-unsaturated/α-hetero) is 1. The minimum Gasteiger partial charge on any atom is -0.490 e. The van der Waals surface area contributed by atoms with Gasteiger partial charge in [0.25, 0.3) is 0 Å². The fourth-order valence-electron chi connectivity index (χ4n) is 1.21. The normalized spacial score (nSPS) is 10.9. The second-order valence-electron chi connectivity index (χ2n) is 4.01. The minimum absolute atomic E-state index is 0.303. The highest BCUT2D eigenvalue weighted by molar-refractivity contribution is 6.01. The maximum atomic E-state index is 11.7. The van der Waals surface area contributed by atoms with Gasteiger partial charge in [0, 0.05) is 5.56 Å². The van der Waals surface area contributed by atoms with E-state index in [1.54, 1.807) is 30.3 Å². The molecule has 1 aromatic carbocycles. The summed E-state index contributed by atoms with van der Waals surface area (Å²) in [5.41, 5.74) is -0.873. The zero-order valence-corrected chi connectivity index (χ0v) is 9.56. The van der Waals surface area contributed by atoms with Crippen molar-refractivity contribution in [1.29, 1.82) is 0 Å². The number of hydrogen-bond acceptors (Lipinski definition) is 3. The Morgan fingerprint density at radius 3 is 2.44 bits per heavy atom. The molecule has 0 aliphatic rings. The van der Waals surface area contributed by atoms with Crippen molar-refractivity contribution < 1.29 is 14.6 Å². The third-order valence-electron chi connectivity index (χ3n) is 2.04. The topological polar surface area (TPSA) is 46.5 Å². The monoisotopic (exact) mass is 220 g/mol. The van der Waals surface area contributed by atoms with Crippen LogP contribution in [-0.4, -0.2) is 23.1 Å². The van der Waals surface area contributed by atoms with Crippen molar-refractivity contribution in [2.75, 3.05) is 6.61 Å². The minimum atomic E-state index is -1.34. The van der Waals surface area contributed by atoms with Gasteiger partial charge in [-0.15, -0.1) is 0 Å². The van der Waals surface area contributed by atoms with Gasteiger partial charge in [-0.1, -0.05) is 12.7 Å². The van der Waals surface area contributed by atoms with Crippen LogP contribution in [0.5, 0.6) is 5.75 Å². The largest absolute Gasteiger partial charge is 0.490 e. The van der Waals surface area contributed by atoms with E-state index in [1.165, 1.54) is 13.8 Å². The maximum Gasteiger partial charge on any atom is 0.193 e. The number of aliphatic hydroxyl groups is 1. The van der Waals surface area contributed by atoms with E-state index >= 15 is 0 Å². The number of ketones is 1. The fourth-order valence-corrected chi connectivity index (χ4v) is 1.21. The molecule has 0 aliphatic heterocycles. The third-order valence-corrected chi connectivity index (χ3v) is 2.04. The molecule has 3 heteroatoms. The van der Waals surface area contributed by atoms with Gasteiger partial charge in [0.05, 0.1) is 0 Å². The number of hydrogen-bond donors (Lipinski definition) is 1. The van der Waals surface area contributed by atoms with Gasteiger partial charge in [0.1, 0.15) is 18.0 Å². The van der Waals surface area contributed by atoms with Crippen LogP contribution < -0.4 is 4.74 Å². The number of ether oxygens (including phenoxy) is 1. The molecule has 86 valence electrons. The van der Waals surface area contributed by atoms with Gasteiger partial charge >= 0.3 is 0 Å². The molecule has 0 bridgehead atoms. The second kappa shape index (κ2) is 4.94. The Bertz CT molecular complexity index is 371. The second-order valence-corrected chi connectivity index (χ2v) is 4.01. The average molecular weight is 220 g/mol. The molecule has 0 aliphatic carbocycles. The standard InChI is InChI=1S/C13H16O3/c1-4-9-16-11-7-5-10(6-8-11)12(14)13(2,3)15/h4-8,15H,1,9H2,2-3H3. The highest BCUT2D eigenvalue weighted by Crippen LogP contribution is 2.16. The SMILES string of the molecule is C=CCOc1ccc(C(=O)C(C)(C)O)cc1. The number of rotatable bonds is 5. The summed E-state index contributed by atoms with van der Waals surface area (Å²) in [7, 11) is 0. The van der Waals surface area contributed by atoms with Crippen molar-refractivity contribution in [1.82, 2.24) is 0 Å². The van der Waals surface area contributed by atoms with Crippen molar-refractivity contribution >= 4 is 5.78 Å². The molecular formula is C13H16O3. The molecular weight excluding hydrogens is 204 g/mol. The Morgan fingerprint density at radius 1 is 1.44 bits per heavy atom.